The van der Waals surface area contributed by atoms with Crippen molar-refractivity contribution in [2.24, 2.45) is 0 Å². The molecule has 2 fully saturated rings. The van der Waals surface area contributed by atoms with E-state index in [1.807, 2.05) is 32.0 Å². The van der Waals surface area contributed by atoms with E-state index in [0.29, 0.717) is 12.2 Å². The Morgan fingerprint density at radius 1 is 1.22 bits per heavy atom. The van der Waals surface area contributed by atoms with Gasteiger partial charge in [-0.1, -0.05) is 0 Å². The van der Waals surface area contributed by atoms with Gasteiger partial charge in [0.15, 0.2) is 0 Å². The summed E-state index contributed by atoms with van der Waals surface area (Å²) >= 11 is 0.00223. The number of H-pyrrole nitrogens is 1. The fourth-order valence-corrected chi connectivity index (χ4v) is 6.15. The van der Waals surface area contributed by atoms with Crippen molar-refractivity contribution in [1.29, 1.82) is 0 Å². The second kappa shape index (κ2) is 7.04. The van der Waals surface area contributed by atoms with Crippen LogP contribution in [0.5, 0.6) is 0 Å². The molecule has 0 amide bonds. The van der Waals surface area contributed by atoms with Gasteiger partial charge in [-0.05, 0) is 0 Å². The second-order valence-electron chi connectivity index (χ2n) is 7.23. The van der Waals surface area contributed by atoms with E-state index in [1.165, 1.54) is 9.03 Å². The Balaban J connectivity index is 1.74. The number of aromatic nitrogens is 2. The first kappa shape index (κ1) is 18.7. The average molecular weight is 437 g/mol. The second-order valence-corrected chi connectivity index (χ2v) is 9.86. The molecule has 27 heavy (non-hydrogen) atoms. The Labute approximate surface area is 162 Å². The number of ether oxygens (including phenoxy) is 3. The number of aryl methyl sites for hydroxylation is 1. The third-order valence-electron chi connectivity index (χ3n) is 4.74. The number of benzene rings is 1. The Kier molecular flexibility index (Phi) is 4.86. The molecule has 2 aromatic rings. The molecule has 2 aliphatic rings. The Morgan fingerprint density at radius 2 is 1.96 bits per heavy atom. The molecule has 4 rings (SSSR count). The standard InChI is InChI=1S/C19H22N2O5Se/c1-11-9-21(18(23)20-16(11)22)17-15(27-12-7-5-4-6-8-12)14-13(25-17)10-24-19(2,3)26-14/h4-9,13-15,17H,10H2,1-3H3,(H,20,22,23)/t13-,14?,15?,17-/m1/s1. The summed E-state index contributed by atoms with van der Waals surface area (Å²) in [6.45, 7) is 5.86. The summed E-state index contributed by atoms with van der Waals surface area (Å²) in [5, 5.41) is 0. The molecule has 8 heteroatoms. The van der Waals surface area contributed by atoms with E-state index >= 15 is 0 Å². The molecule has 2 unspecified atom stereocenters. The third kappa shape index (κ3) is 3.68. The number of hydrogen-bond acceptors (Lipinski definition) is 5. The molecule has 144 valence electrons. The van der Waals surface area contributed by atoms with E-state index in [4.69, 9.17) is 14.2 Å². The van der Waals surface area contributed by atoms with Crippen LogP contribution in [0.15, 0.2) is 46.1 Å². The van der Waals surface area contributed by atoms with Crippen LogP contribution in [0.2, 0.25) is 4.82 Å². The minimum absolute atomic E-state index is 0.00223. The fraction of sp³-hybridized carbons (Fsp3) is 0.474. The van der Waals surface area contributed by atoms with Gasteiger partial charge in [-0.3, -0.25) is 0 Å². The maximum atomic E-state index is 12.5. The molecule has 0 spiro atoms. The van der Waals surface area contributed by atoms with Crippen molar-refractivity contribution in [1.82, 2.24) is 9.55 Å². The molecular weight excluding hydrogens is 415 g/mol. The molecule has 0 bridgehead atoms. The van der Waals surface area contributed by atoms with Gasteiger partial charge in [-0.15, -0.1) is 0 Å². The Bertz CT molecular complexity index is 939. The van der Waals surface area contributed by atoms with Crippen molar-refractivity contribution in [3.05, 3.63) is 62.9 Å². The van der Waals surface area contributed by atoms with Crippen LogP contribution in [0.3, 0.4) is 0 Å². The average Bonchev–Trinajstić information content (AvgIpc) is 2.95. The molecule has 2 saturated heterocycles. The van der Waals surface area contributed by atoms with Gasteiger partial charge in [-0.25, -0.2) is 0 Å². The number of hydrogen-bond donors (Lipinski definition) is 1. The summed E-state index contributed by atoms with van der Waals surface area (Å²) in [6, 6.07) is 10.1. The van der Waals surface area contributed by atoms with Crippen LogP contribution >= 0.6 is 0 Å². The van der Waals surface area contributed by atoms with Crippen molar-refractivity contribution in [3.8, 4) is 0 Å². The van der Waals surface area contributed by atoms with Crippen LogP contribution in [0.4, 0.5) is 0 Å². The summed E-state index contributed by atoms with van der Waals surface area (Å²) in [7, 11) is 0. The fourth-order valence-electron chi connectivity index (χ4n) is 3.41. The van der Waals surface area contributed by atoms with Crippen LogP contribution in [0.25, 0.3) is 0 Å². The predicted molar refractivity (Wildman–Crippen MR) is 100 cm³/mol. The first-order valence-electron chi connectivity index (χ1n) is 8.85. The van der Waals surface area contributed by atoms with E-state index < -0.39 is 17.7 Å². The van der Waals surface area contributed by atoms with Crippen molar-refractivity contribution in [2.75, 3.05) is 6.61 Å². The van der Waals surface area contributed by atoms with Crippen molar-refractivity contribution in [3.63, 3.8) is 0 Å². The van der Waals surface area contributed by atoms with E-state index in [9.17, 15) is 9.59 Å². The minimum atomic E-state index is -0.698. The molecule has 0 saturated carbocycles. The molecule has 1 aromatic heterocycles. The number of nitrogens with one attached hydrogen (secondary N) is 1. The SMILES string of the molecule is Cc1cn([C@@H]2O[C@@H]3COC(C)(C)OC3C2[Se]c2ccccc2)c(=O)[nH]c1=O. The summed E-state index contributed by atoms with van der Waals surface area (Å²) in [4.78, 5) is 26.6. The van der Waals surface area contributed by atoms with Gasteiger partial charge in [0.2, 0.25) is 0 Å². The molecule has 0 radical (unpaired) electrons. The van der Waals surface area contributed by atoms with Crippen molar-refractivity contribution < 1.29 is 14.2 Å². The normalized spacial score (nSPS) is 29.4. The first-order valence-corrected chi connectivity index (χ1v) is 10.7. The van der Waals surface area contributed by atoms with Gasteiger partial charge in [0.25, 0.3) is 0 Å². The van der Waals surface area contributed by atoms with Gasteiger partial charge in [0.1, 0.15) is 0 Å². The maximum absolute atomic E-state index is 12.5. The Morgan fingerprint density at radius 3 is 2.70 bits per heavy atom. The zero-order valence-electron chi connectivity index (χ0n) is 15.4. The summed E-state index contributed by atoms with van der Waals surface area (Å²) in [5.41, 5.74) is -0.377. The van der Waals surface area contributed by atoms with Crippen molar-refractivity contribution >= 4 is 19.4 Å². The molecule has 4 atom stereocenters. The monoisotopic (exact) mass is 438 g/mol. The number of rotatable bonds is 3. The molecular formula is C19H22N2O5Se. The van der Waals surface area contributed by atoms with Gasteiger partial charge >= 0.3 is 163 Å². The third-order valence-corrected chi connectivity index (χ3v) is 7.50. The molecule has 1 N–H and O–H groups in total. The van der Waals surface area contributed by atoms with Crippen LogP contribution in [-0.2, 0) is 14.2 Å². The van der Waals surface area contributed by atoms with E-state index in [1.54, 1.807) is 13.1 Å². The topological polar surface area (TPSA) is 82.6 Å². The number of nitrogens with zero attached hydrogens (tertiary/aromatic N) is 1. The molecule has 3 heterocycles. The predicted octanol–water partition coefficient (Wildman–Crippen LogP) is 0.712. The van der Waals surface area contributed by atoms with Crippen LogP contribution in [0.1, 0.15) is 25.6 Å². The van der Waals surface area contributed by atoms with E-state index in [-0.39, 0.29) is 37.5 Å². The summed E-state index contributed by atoms with van der Waals surface area (Å²) in [5.74, 6) is -0.698. The first-order chi connectivity index (χ1) is 12.8. The van der Waals surface area contributed by atoms with Crippen LogP contribution in [-0.4, -0.2) is 49.1 Å². The van der Waals surface area contributed by atoms with Gasteiger partial charge in [0.05, 0.1) is 0 Å². The number of aromatic amines is 1. The van der Waals surface area contributed by atoms with Crippen molar-refractivity contribution in [2.45, 2.75) is 49.8 Å². The van der Waals surface area contributed by atoms with Gasteiger partial charge in [0, 0.05) is 0 Å². The summed E-state index contributed by atoms with van der Waals surface area (Å²) in [6.07, 6.45) is 0.625. The van der Waals surface area contributed by atoms with Crippen LogP contribution in [0, 0.1) is 6.92 Å². The summed E-state index contributed by atoms with van der Waals surface area (Å²) < 4.78 is 20.9. The van der Waals surface area contributed by atoms with Gasteiger partial charge in [-0.2, -0.15) is 0 Å². The molecule has 7 nitrogen and oxygen atoms in total. The molecule has 0 aliphatic carbocycles. The zero-order valence-corrected chi connectivity index (χ0v) is 17.1. The zero-order chi connectivity index (χ0) is 19.2. The Hall–Kier alpha value is -1.70. The van der Waals surface area contributed by atoms with Crippen LogP contribution < -0.4 is 15.7 Å². The van der Waals surface area contributed by atoms with E-state index in [0.717, 1.165) is 0 Å². The quantitative estimate of drug-likeness (QED) is 0.716. The molecule has 1 aromatic carbocycles. The van der Waals surface area contributed by atoms with Gasteiger partial charge < -0.3 is 0 Å². The molecule has 2 aliphatic heterocycles. The number of fused-ring (bicyclic) bond motifs is 1. The van der Waals surface area contributed by atoms with E-state index in [2.05, 4.69) is 17.1 Å².